The molecule has 0 saturated heterocycles. The van der Waals surface area contributed by atoms with Crippen LogP contribution in [0.4, 0.5) is 0 Å². The van der Waals surface area contributed by atoms with Crippen LogP contribution in [-0.4, -0.2) is 31.5 Å². The van der Waals surface area contributed by atoms with Crippen molar-refractivity contribution < 1.29 is 8.42 Å². The summed E-state index contributed by atoms with van der Waals surface area (Å²) in [4.78, 5) is 7.12. The molecule has 0 spiro atoms. The lowest BCUT2D eigenvalue weighted by atomic mass is 10.2. The molecule has 110 valence electrons. The number of aromatic amines is 1. The van der Waals surface area contributed by atoms with Crippen LogP contribution in [0.2, 0.25) is 0 Å². The maximum absolute atomic E-state index is 12.3. The summed E-state index contributed by atoms with van der Waals surface area (Å²) in [6.45, 7) is 0.439. The number of aromatic nitrogens is 2. The Hall–Kier alpha value is -2.14. The Kier molecular flexibility index (Phi) is 5.11. The molecule has 1 aromatic heterocycles. The molecular formula is C14H16N4O2S. The van der Waals surface area contributed by atoms with Gasteiger partial charge in [0.2, 0.25) is 10.0 Å². The molecule has 1 aromatic carbocycles. The van der Waals surface area contributed by atoms with E-state index in [9.17, 15) is 8.42 Å². The van der Waals surface area contributed by atoms with Crippen molar-refractivity contribution in [1.29, 1.82) is 0 Å². The molecule has 21 heavy (non-hydrogen) atoms. The molecule has 2 rings (SSSR count). The van der Waals surface area contributed by atoms with Gasteiger partial charge >= 0.3 is 0 Å². The summed E-state index contributed by atoms with van der Waals surface area (Å²) in [6, 6.07) is 6.58. The molecule has 7 heteroatoms. The van der Waals surface area contributed by atoms with Crippen molar-refractivity contribution in [2.75, 3.05) is 13.1 Å². The summed E-state index contributed by atoms with van der Waals surface area (Å²) >= 11 is 0. The maximum atomic E-state index is 12.3. The minimum Gasteiger partial charge on any atom is -0.349 e. The normalized spacial score (nSPS) is 10.9. The fraction of sp³-hybridized carbons (Fsp3) is 0.214. The van der Waals surface area contributed by atoms with E-state index in [0.717, 1.165) is 5.82 Å². The lowest BCUT2D eigenvalue weighted by Crippen LogP contribution is -2.27. The van der Waals surface area contributed by atoms with Crippen molar-refractivity contribution in [2.24, 2.45) is 5.73 Å². The highest BCUT2D eigenvalue weighted by atomic mass is 32.2. The maximum Gasteiger partial charge on any atom is 0.241 e. The van der Waals surface area contributed by atoms with Gasteiger partial charge in [0.15, 0.2) is 0 Å². The van der Waals surface area contributed by atoms with Gasteiger partial charge in [0.25, 0.3) is 0 Å². The molecule has 0 fully saturated rings. The second-order valence-corrected chi connectivity index (χ2v) is 5.92. The van der Waals surface area contributed by atoms with Gasteiger partial charge in [-0.3, -0.25) is 0 Å². The number of nitrogens with zero attached hydrogens (tertiary/aromatic N) is 1. The number of hydrogen-bond acceptors (Lipinski definition) is 4. The van der Waals surface area contributed by atoms with Crippen LogP contribution in [0.5, 0.6) is 0 Å². The zero-order chi connectivity index (χ0) is 15.1. The highest BCUT2D eigenvalue weighted by molar-refractivity contribution is 7.89. The van der Waals surface area contributed by atoms with E-state index in [4.69, 9.17) is 5.73 Å². The molecule has 0 radical (unpaired) electrons. The van der Waals surface area contributed by atoms with Crippen molar-refractivity contribution in [1.82, 2.24) is 14.7 Å². The Bertz CT molecular complexity index is 743. The quantitative estimate of drug-likeness (QED) is 0.689. The van der Waals surface area contributed by atoms with Gasteiger partial charge in [-0.25, -0.2) is 18.1 Å². The lowest BCUT2D eigenvalue weighted by Gasteiger charge is -2.07. The van der Waals surface area contributed by atoms with E-state index in [2.05, 4.69) is 26.5 Å². The first-order valence-electron chi connectivity index (χ1n) is 6.39. The summed E-state index contributed by atoms with van der Waals surface area (Å²) in [7, 11) is -3.61. The SMILES string of the molecule is NCC#Cc1ccccc1S(=O)(=O)NCCc1ncc[nH]1. The monoisotopic (exact) mass is 304 g/mol. The number of rotatable bonds is 5. The van der Waals surface area contributed by atoms with Gasteiger partial charge in [-0.15, -0.1) is 0 Å². The van der Waals surface area contributed by atoms with Gasteiger partial charge in [-0.2, -0.15) is 0 Å². The van der Waals surface area contributed by atoms with E-state index in [0.29, 0.717) is 12.0 Å². The first kappa shape index (κ1) is 15.3. The third-order valence-corrected chi connectivity index (χ3v) is 4.23. The fourth-order valence-corrected chi connectivity index (χ4v) is 2.96. The van der Waals surface area contributed by atoms with Crippen molar-refractivity contribution in [2.45, 2.75) is 11.3 Å². The number of benzene rings is 1. The predicted molar refractivity (Wildman–Crippen MR) is 79.9 cm³/mol. The first-order valence-corrected chi connectivity index (χ1v) is 7.87. The van der Waals surface area contributed by atoms with Gasteiger partial charge < -0.3 is 10.7 Å². The molecule has 0 saturated carbocycles. The van der Waals surface area contributed by atoms with Gasteiger partial charge in [-0.1, -0.05) is 24.0 Å². The van der Waals surface area contributed by atoms with E-state index in [1.165, 1.54) is 6.07 Å². The second-order valence-electron chi connectivity index (χ2n) is 4.19. The number of sulfonamides is 1. The van der Waals surface area contributed by atoms with Crippen LogP contribution in [0.1, 0.15) is 11.4 Å². The molecule has 0 bridgehead atoms. The average molecular weight is 304 g/mol. The zero-order valence-corrected chi connectivity index (χ0v) is 12.2. The van der Waals surface area contributed by atoms with Crippen molar-refractivity contribution in [3.05, 3.63) is 48.0 Å². The molecule has 4 N–H and O–H groups in total. The molecule has 0 aliphatic heterocycles. The summed E-state index contributed by atoms with van der Waals surface area (Å²) < 4.78 is 27.2. The number of nitrogens with two attached hydrogens (primary N) is 1. The van der Waals surface area contributed by atoms with E-state index in [1.807, 2.05) is 0 Å². The Morgan fingerprint density at radius 3 is 2.86 bits per heavy atom. The molecule has 2 aromatic rings. The van der Waals surface area contributed by atoms with Crippen LogP contribution in [0, 0.1) is 11.8 Å². The highest BCUT2D eigenvalue weighted by Gasteiger charge is 2.16. The number of nitrogens with one attached hydrogen (secondary N) is 2. The number of H-pyrrole nitrogens is 1. The Balaban J connectivity index is 2.12. The molecule has 0 amide bonds. The van der Waals surface area contributed by atoms with Crippen LogP contribution in [-0.2, 0) is 16.4 Å². The zero-order valence-electron chi connectivity index (χ0n) is 11.3. The Morgan fingerprint density at radius 2 is 2.14 bits per heavy atom. The highest BCUT2D eigenvalue weighted by Crippen LogP contribution is 2.14. The minimum absolute atomic E-state index is 0.158. The molecular weight excluding hydrogens is 288 g/mol. The van der Waals surface area contributed by atoms with Crippen molar-refractivity contribution in [3.8, 4) is 11.8 Å². The number of hydrogen-bond donors (Lipinski definition) is 3. The van der Waals surface area contributed by atoms with Gasteiger partial charge in [-0.05, 0) is 12.1 Å². The second kappa shape index (κ2) is 7.04. The molecule has 1 heterocycles. The topological polar surface area (TPSA) is 101 Å². The van der Waals surface area contributed by atoms with Crippen LogP contribution < -0.4 is 10.5 Å². The van der Waals surface area contributed by atoms with Crippen LogP contribution in [0.25, 0.3) is 0 Å². The van der Waals surface area contributed by atoms with Gasteiger partial charge in [0, 0.05) is 30.9 Å². The van der Waals surface area contributed by atoms with E-state index in [-0.39, 0.29) is 18.0 Å². The van der Waals surface area contributed by atoms with Crippen molar-refractivity contribution in [3.63, 3.8) is 0 Å². The standard InChI is InChI=1S/C14H16N4O2S/c15-8-3-5-12-4-1-2-6-13(12)21(19,20)18-9-7-14-16-10-11-17-14/h1-2,4,6,10-11,18H,7-9,15H2,(H,16,17). The summed E-state index contributed by atoms with van der Waals surface area (Å²) in [5.41, 5.74) is 5.76. The third kappa shape index (κ3) is 4.16. The molecule has 0 unspecified atom stereocenters. The van der Waals surface area contributed by atoms with Gasteiger partial charge in [0.1, 0.15) is 5.82 Å². The molecule has 0 atom stereocenters. The molecule has 0 aliphatic rings. The largest absolute Gasteiger partial charge is 0.349 e. The summed E-state index contributed by atoms with van der Waals surface area (Å²) in [6.07, 6.45) is 3.81. The van der Waals surface area contributed by atoms with Crippen LogP contribution >= 0.6 is 0 Å². The summed E-state index contributed by atoms with van der Waals surface area (Å²) in [5, 5.41) is 0. The van der Waals surface area contributed by atoms with E-state index in [1.54, 1.807) is 30.6 Å². The third-order valence-electron chi connectivity index (χ3n) is 2.71. The van der Waals surface area contributed by atoms with Crippen molar-refractivity contribution >= 4 is 10.0 Å². The van der Waals surface area contributed by atoms with E-state index >= 15 is 0 Å². The average Bonchev–Trinajstić information content (AvgIpc) is 2.98. The van der Waals surface area contributed by atoms with Crippen LogP contribution in [0.3, 0.4) is 0 Å². The van der Waals surface area contributed by atoms with Gasteiger partial charge in [0.05, 0.1) is 11.4 Å². The number of imidazole rings is 1. The van der Waals surface area contributed by atoms with E-state index < -0.39 is 10.0 Å². The Morgan fingerprint density at radius 1 is 1.33 bits per heavy atom. The Labute approximate surface area is 123 Å². The predicted octanol–water partition coefficient (Wildman–Crippen LogP) is 0.241. The fourth-order valence-electron chi connectivity index (χ4n) is 1.77. The van der Waals surface area contributed by atoms with Crippen LogP contribution in [0.15, 0.2) is 41.6 Å². The molecule has 6 nitrogen and oxygen atoms in total. The smallest absolute Gasteiger partial charge is 0.241 e. The minimum atomic E-state index is -3.61. The summed E-state index contributed by atoms with van der Waals surface area (Å²) in [5.74, 6) is 6.17. The first-order chi connectivity index (χ1) is 10.1. The molecule has 0 aliphatic carbocycles. The lowest BCUT2D eigenvalue weighted by molar-refractivity contribution is 0.581.